The van der Waals surface area contributed by atoms with E-state index in [4.69, 9.17) is 0 Å². The second-order valence-corrected chi connectivity index (χ2v) is 4.41. The topological polar surface area (TPSA) is 29.5 Å². The third-order valence-electron chi connectivity index (χ3n) is 2.79. The van der Waals surface area contributed by atoms with Crippen LogP contribution >= 0.6 is 0 Å². The van der Waals surface area contributed by atoms with Crippen LogP contribution in [0.1, 0.15) is 20.3 Å². The van der Waals surface area contributed by atoms with Crippen molar-refractivity contribution in [1.82, 2.24) is 4.90 Å². The number of halogens is 3. The van der Waals surface area contributed by atoms with Gasteiger partial charge in [-0.1, -0.05) is 13.8 Å². The Morgan fingerprint density at radius 1 is 1.50 bits per heavy atom. The molecule has 1 amide bonds. The van der Waals surface area contributed by atoms with Crippen LogP contribution in [0.3, 0.4) is 0 Å². The minimum absolute atomic E-state index is 0.360. The first-order chi connectivity index (χ1) is 7.29. The Bertz CT molecular complexity index is 253. The van der Waals surface area contributed by atoms with E-state index in [0.29, 0.717) is 24.9 Å². The van der Waals surface area contributed by atoms with Crippen LogP contribution in [0.5, 0.6) is 0 Å². The summed E-state index contributed by atoms with van der Waals surface area (Å²) in [4.78, 5) is 12.6. The van der Waals surface area contributed by atoms with Crippen LogP contribution in [-0.2, 0) is 4.74 Å². The SMILES string of the molecule is CC(C)C1CCN(C(=O)OCC(F)(F)F)C1. The lowest BCUT2D eigenvalue weighted by Gasteiger charge is -2.18. The smallest absolute Gasteiger partial charge is 0.422 e. The molecule has 0 spiro atoms. The Kier molecular flexibility index (Phi) is 4.04. The molecule has 0 bridgehead atoms. The first-order valence-electron chi connectivity index (χ1n) is 5.28. The molecule has 0 aliphatic carbocycles. The molecule has 1 unspecified atom stereocenters. The molecule has 0 N–H and O–H groups in total. The van der Waals surface area contributed by atoms with Crippen LogP contribution < -0.4 is 0 Å². The summed E-state index contributed by atoms with van der Waals surface area (Å²) in [7, 11) is 0. The van der Waals surface area contributed by atoms with Crippen LogP contribution in [0.15, 0.2) is 0 Å². The predicted molar refractivity (Wildman–Crippen MR) is 51.9 cm³/mol. The molecular weight excluding hydrogens is 223 g/mol. The zero-order valence-corrected chi connectivity index (χ0v) is 9.38. The summed E-state index contributed by atoms with van der Waals surface area (Å²) >= 11 is 0. The predicted octanol–water partition coefficient (Wildman–Crippen LogP) is 2.66. The summed E-state index contributed by atoms with van der Waals surface area (Å²) in [5.41, 5.74) is 0. The summed E-state index contributed by atoms with van der Waals surface area (Å²) < 4.78 is 39.6. The fourth-order valence-corrected chi connectivity index (χ4v) is 1.73. The van der Waals surface area contributed by atoms with Gasteiger partial charge in [0.25, 0.3) is 0 Å². The van der Waals surface area contributed by atoms with Gasteiger partial charge in [0.2, 0.25) is 0 Å². The molecule has 0 aromatic rings. The molecule has 0 aromatic carbocycles. The van der Waals surface area contributed by atoms with E-state index < -0.39 is 18.9 Å². The minimum atomic E-state index is -4.45. The molecule has 1 atom stereocenters. The van der Waals surface area contributed by atoms with Crippen molar-refractivity contribution in [2.45, 2.75) is 26.4 Å². The lowest BCUT2D eigenvalue weighted by molar-refractivity contribution is -0.162. The molecule has 1 aliphatic rings. The average molecular weight is 239 g/mol. The van der Waals surface area contributed by atoms with Gasteiger partial charge in [0.05, 0.1) is 0 Å². The normalized spacial score (nSPS) is 21.6. The van der Waals surface area contributed by atoms with Gasteiger partial charge in [0, 0.05) is 13.1 Å². The number of amides is 1. The second-order valence-electron chi connectivity index (χ2n) is 4.41. The molecule has 1 heterocycles. The van der Waals surface area contributed by atoms with Crippen molar-refractivity contribution in [2.24, 2.45) is 11.8 Å². The number of alkyl halides is 3. The van der Waals surface area contributed by atoms with Gasteiger partial charge in [-0.15, -0.1) is 0 Å². The Labute approximate surface area is 92.5 Å². The molecule has 0 aromatic heterocycles. The highest BCUT2D eigenvalue weighted by molar-refractivity contribution is 5.68. The number of likely N-dealkylation sites (tertiary alicyclic amines) is 1. The van der Waals surface area contributed by atoms with Crippen molar-refractivity contribution in [2.75, 3.05) is 19.7 Å². The highest BCUT2D eigenvalue weighted by Gasteiger charge is 2.33. The van der Waals surface area contributed by atoms with Gasteiger partial charge in [-0.2, -0.15) is 13.2 Å². The van der Waals surface area contributed by atoms with Crippen LogP contribution in [-0.4, -0.2) is 36.9 Å². The van der Waals surface area contributed by atoms with Crippen molar-refractivity contribution in [3.8, 4) is 0 Å². The van der Waals surface area contributed by atoms with Crippen molar-refractivity contribution in [3.63, 3.8) is 0 Å². The van der Waals surface area contributed by atoms with Crippen molar-refractivity contribution < 1.29 is 22.7 Å². The molecule has 6 heteroatoms. The third-order valence-corrected chi connectivity index (χ3v) is 2.79. The Hall–Kier alpha value is -0.940. The highest BCUT2D eigenvalue weighted by atomic mass is 19.4. The monoisotopic (exact) mass is 239 g/mol. The molecule has 1 fully saturated rings. The van der Waals surface area contributed by atoms with Crippen LogP contribution in [0.25, 0.3) is 0 Å². The van der Waals surface area contributed by atoms with E-state index in [1.54, 1.807) is 0 Å². The third kappa shape index (κ3) is 3.90. The summed E-state index contributed by atoms with van der Waals surface area (Å²) in [5.74, 6) is 0.791. The largest absolute Gasteiger partial charge is 0.440 e. The molecule has 1 rings (SSSR count). The van der Waals surface area contributed by atoms with E-state index in [1.807, 2.05) is 13.8 Å². The van der Waals surface area contributed by atoms with E-state index in [0.717, 1.165) is 6.42 Å². The van der Waals surface area contributed by atoms with Crippen molar-refractivity contribution >= 4 is 6.09 Å². The fraction of sp³-hybridized carbons (Fsp3) is 0.900. The molecule has 0 saturated carbocycles. The van der Waals surface area contributed by atoms with Gasteiger partial charge in [0.15, 0.2) is 6.61 Å². The van der Waals surface area contributed by atoms with Crippen LogP contribution in [0.4, 0.5) is 18.0 Å². The maximum Gasteiger partial charge on any atom is 0.422 e. The van der Waals surface area contributed by atoms with E-state index in [2.05, 4.69) is 4.74 Å². The summed E-state index contributed by atoms with van der Waals surface area (Å²) in [6.45, 7) is 3.55. The van der Waals surface area contributed by atoms with E-state index in [1.165, 1.54) is 4.90 Å². The van der Waals surface area contributed by atoms with Crippen molar-refractivity contribution in [3.05, 3.63) is 0 Å². The Morgan fingerprint density at radius 3 is 2.56 bits per heavy atom. The molecule has 16 heavy (non-hydrogen) atoms. The molecule has 3 nitrogen and oxygen atoms in total. The van der Waals surface area contributed by atoms with Gasteiger partial charge in [-0.25, -0.2) is 4.79 Å². The van der Waals surface area contributed by atoms with E-state index >= 15 is 0 Å². The van der Waals surface area contributed by atoms with Crippen LogP contribution in [0, 0.1) is 11.8 Å². The number of carbonyl (C=O) groups is 1. The maximum atomic E-state index is 11.8. The summed E-state index contributed by atoms with van der Waals surface area (Å²) in [6, 6.07) is 0. The quantitative estimate of drug-likeness (QED) is 0.741. The molecular formula is C10H16F3NO2. The minimum Gasteiger partial charge on any atom is -0.440 e. The number of rotatable bonds is 2. The second kappa shape index (κ2) is 4.93. The zero-order chi connectivity index (χ0) is 12.3. The average Bonchev–Trinajstić information content (AvgIpc) is 2.61. The molecule has 1 saturated heterocycles. The van der Waals surface area contributed by atoms with Gasteiger partial charge in [-0.05, 0) is 18.3 Å². The van der Waals surface area contributed by atoms with Crippen LogP contribution in [0.2, 0.25) is 0 Å². The summed E-state index contributed by atoms with van der Waals surface area (Å²) in [6.07, 6.45) is -4.48. The van der Waals surface area contributed by atoms with Gasteiger partial charge >= 0.3 is 12.3 Å². The lowest BCUT2D eigenvalue weighted by Crippen LogP contribution is -2.32. The fourth-order valence-electron chi connectivity index (χ4n) is 1.73. The molecule has 1 aliphatic heterocycles. The van der Waals surface area contributed by atoms with Crippen molar-refractivity contribution in [1.29, 1.82) is 0 Å². The Balaban J connectivity index is 2.34. The van der Waals surface area contributed by atoms with Gasteiger partial charge < -0.3 is 9.64 Å². The van der Waals surface area contributed by atoms with E-state index in [9.17, 15) is 18.0 Å². The zero-order valence-electron chi connectivity index (χ0n) is 9.38. The number of hydrogen-bond donors (Lipinski definition) is 0. The number of hydrogen-bond acceptors (Lipinski definition) is 2. The number of carbonyl (C=O) groups excluding carboxylic acids is 1. The number of nitrogens with zero attached hydrogens (tertiary/aromatic N) is 1. The van der Waals surface area contributed by atoms with E-state index in [-0.39, 0.29) is 0 Å². The first-order valence-corrected chi connectivity index (χ1v) is 5.28. The summed E-state index contributed by atoms with van der Waals surface area (Å²) in [5, 5.41) is 0. The maximum absolute atomic E-state index is 11.8. The number of ether oxygens (including phenoxy) is 1. The standard InChI is InChI=1S/C10H16F3NO2/c1-7(2)8-3-4-14(5-8)9(15)16-6-10(11,12)13/h7-8H,3-6H2,1-2H3. The van der Waals surface area contributed by atoms with Gasteiger partial charge in [-0.3, -0.25) is 0 Å². The molecule has 94 valence electrons. The van der Waals surface area contributed by atoms with Gasteiger partial charge in [0.1, 0.15) is 0 Å². The lowest BCUT2D eigenvalue weighted by atomic mass is 9.95. The Morgan fingerprint density at radius 2 is 2.12 bits per heavy atom. The highest BCUT2D eigenvalue weighted by Crippen LogP contribution is 2.24. The first kappa shape index (κ1) is 13.1. The molecule has 0 radical (unpaired) electrons.